The van der Waals surface area contributed by atoms with E-state index in [0.29, 0.717) is 6.67 Å². The number of ether oxygens (including phenoxy) is 1. The molecule has 14 heavy (non-hydrogen) atoms. The van der Waals surface area contributed by atoms with Crippen LogP contribution in [0, 0.1) is 13.8 Å². The molecule has 0 aliphatic rings. The van der Waals surface area contributed by atoms with Crippen LogP contribution >= 0.6 is 0 Å². The number of hydrogen-bond acceptors (Lipinski definition) is 3. The monoisotopic (exact) mass is 194 g/mol. The van der Waals surface area contributed by atoms with Crippen LogP contribution in [0.3, 0.4) is 0 Å². The van der Waals surface area contributed by atoms with Crippen molar-refractivity contribution in [1.82, 2.24) is 0 Å². The first kappa shape index (κ1) is 10.9. The lowest BCUT2D eigenvalue weighted by molar-refractivity contribution is 0.411. The number of nitrogens with zero attached hydrogens (tertiary/aromatic N) is 1. The molecule has 0 spiro atoms. The summed E-state index contributed by atoms with van der Waals surface area (Å²) in [4.78, 5) is 1.97. The van der Waals surface area contributed by atoms with E-state index in [1.165, 1.54) is 5.56 Å². The van der Waals surface area contributed by atoms with Crippen LogP contribution in [0.15, 0.2) is 12.1 Å². The SMILES string of the molecule is COc1c(C)cc(C)cc1N(C)CN. The quantitative estimate of drug-likeness (QED) is 0.744. The Kier molecular flexibility index (Phi) is 3.36. The molecule has 1 aromatic rings. The zero-order valence-electron chi connectivity index (χ0n) is 9.29. The molecule has 0 aromatic heterocycles. The standard InChI is InChI=1S/C11H18N2O/c1-8-5-9(2)11(14-4)10(6-8)13(3)7-12/h5-6H,7,12H2,1-4H3. The molecule has 0 saturated carbocycles. The van der Waals surface area contributed by atoms with Crippen molar-refractivity contribution in [2.45, 2.75) is 13.8 Å². The van der Waals surface area contributed by atoms with Crippen LogP contribution in [0.4, 0.5) is 5.69 Å². The van der Waals surface area contributed by atoms with Crippen LogP contribution in [-0.4, -0.2) is 20.8 Å². The van der Waals surface area contributed by atoms with Gasteiger partial charge < -0.3 is 15.4 Å². The molecule has 0 fully saturated rings. The number of anilines is 1. The third kappa shape index (κ3) is 1.99. The van der Waals surface area contributed by atoms with Gasteiger partial charge in [-0.2, -0.15) is 0 Å². The minimum absolute atomic E-state index is 0.485. The Labute approximate surface area is 85.5 Å². The van der Waals surface area contributed by atoms with E-state index in [2.05, 4.69) is 19.1 Å². The second-order valence-electron chi connectivity index (χ2n) is 3.51. The Morgan fingerprint density at radius 3 is 2.50 bits per heavy atom. The molecule has 78 valence electrons. The van der Waals surface area contributed by atoms with Gasteiger partial charge in [-0.25, -0.2) is 0 Å². The predicted molar refractivity (Wildman–Crippen MR) is 59.9 cm³/mol. The maximum Gasteiger partial charge on any atom is 0.145 e. The molecular formula is C11H18N2O. The van der Waals surface area contributed by atoms with Crippen LogP contribution < -0.4 is 15.4 Å². The zero-order chi connectivity index (χ0) is 10.7. The summed E-state index contributed by atoms with van der Waals surface area (Å²) in [5, 5.41) is 0. The van der Waals surface area contributed by atoms with E-state index in [9.17, 15) is 0 Å². The third-order valence-electron chi connectivity index (χ3n) is 2.29. The van der Waals surface area contributed by atoms with Gasteiger partial charge >= 0.3 is 0 Å². The van der Waals surface area contributed by atoms with Crippen LogP contribution in [0.2, 0.25) is 0 Å². The second kappa shape index (κ2) is 4.33. The first-order valence-corrected chi connectivity index (χ1v) is 4.66. The molecule has 0 radical (unpaired) electrons. The van der Waals surface area contributed by atoms with Crippen molar-refractivity contribution in [1.29, 1.82) is 0 Å². The lowest BCUT2D eigenvalue weighted by atomic mass is 10.1. The average molecular weight is 194 g/mol. The van der Waals surface area contributed by atoms with E-state index in [1.807, 2.05) is 18.9 Å². The predicted octanol–water partition coefficient (Wildman–Crippen LogP) is 1.66. The van der Waals surface area contributed by atoms with Gasteiger partial charge in [-0.05, 0) is 31.0 Å². The van der Waals surface area contributed by atoms with Crippen molar-refractivity contribution >= 4 is 5.69 Å². The summed E-state index contributed by atoms with van der Waals surface area (Å²) in [6.45, 7) is 4.60. The number of benzene rings is 1. The molecule has 0 aliphatic heterocycles. The van der Waals surface area contributed by atoms with Crippen LogP contribution in [-0.2, 0) is 0 Å². The lowest BCUT2D eigenvalue weighted by Gasteiger charge is -2.21. The molecule has 2 N–H and O–H groups in total. The summed E-state index contributed by atoms with van der Waals surface area (Å²) < 4.78 is 5.36. The van der Waals surface area contributed by atoms with Gasteiger partial charge in [0.2, 0.25) is 0 Å². The van der Waals surface area contributed by atoms with E-state index >= 15 is 0 Å². The summed E-state index contributed by atoms with van der Waals surface area (Å²) in [5.74, 6) is 0.906. The lowest BCUT2D eigenvalue weighted by Crippen LogP contribution is -2.25. The highest BCUT2D eigenvalue weighted by Gasteiger charge is 2.10. The minimum Gasteiger partial charge on any atom is -0.494 e. The van der Waals surface area contributed by atoms with E-state index in [4.69, 9.17) is 10.5 Å². The van der Waals surface area contributed by atoms with E-state index in [1.54, 1.807) is 7.11 Å². The summed E-state index contributed by atoms with van der Waals surface area (Å²) >= 11 is 0. The number of hydrogen-bond donors (Lipinski definition) is 1. The van der Waals surface area contributed by atoms with Gasteiger partial charge in [0.05, 0.1) is 19.5 Å². The first-order valence-electron chi connectivity index (χ1n) is 4.66. The fourth-order valence-electron chi connectivity index (χ4n) is 1.58. The van der Waals surface area contributed by atoms with E-state index < -0.39 is 0 Å². The average Bonchev–Trinajstić information content (AvgIpc) is 2.15. The Morgan fingerprint density at radius 2 is 2.00 bits per heavy atom. The molecule has 0 saturated heterocycles. The first-order chi connectivity index (χ1) is 6.60. The fraction of sp³-hybridized carbons (Fsp3) is 0.455. The Hall–Kier alpha value is -1.22. The highest BCUT2D eigenvalue weighted by molar-refractivity contribution is 5.62. The summed E-state index contributed by atoms with van der Waals surface area (Å²) in [6, 6.07) is 4.19. The van der Waals surface area contributed by atoms with Gasteiger partial charge in [-0.3, -0.25) is 0 Å². The third-order valence-corrected chi connectivity index (χ3v) is 2.29. The smallest absolute Gasteiger partial charge is 0.145 e. The Bertz CT molecular complexity index is 323. The fourth-order valence-corrected chi connectivity index (χ4v) is 1.58. The maximum absolute atomic E-state index is 5.60. The van der Waals surface area contributed by atoms with Crippen molar-refractivity contribution in [3.05, 3.63) is 23.3 Å². The molecule has 1 rings (SSSR count). The Morgan fingerprint density at radius 1 is 1.36 bits per heavy atom. The number of methoxy groups -OCH3 is 1. The van der Waals surface area contributed by atoms with Crippen molar-refractivity contribution < 1.29 is 4.74 Å². The molecule has 0 aliphatic carbocycles. The van der Waals surface area contributed by atoms with Crippen LogP contribution in [0.1, 0.15) is 11.1 Å². The van der Waals surface area contributed by atoms with Crippen LogP contribution in [0.25, 0.3) is 0 Å². The molecule has 3 nitrogen and oxygen atoms in total. The van der Waals surface area contributed by atoms with Gasteiger partial charge in [0, 0.05) is 7.05 Å². The number of aryl methyl sites for hydroxylation is 2. The van der Waals surface area contributed by atoms with Gasteiger partial charge in [-0.15, -0.1) is 0 Å². The molecule has 1 aromatic carbocycles. The van der Waals surface area contributed by atoms with Crippen molar-refractivity contribution in [3.63, 3.8) is 0 Å². The van der Waals surface area contributed by atoms with Crippen molar-refractivity contribution in [3.8, 4) is 5.75 Å². The summed E-state index contributed by atoms with van der Waals surface area (Å²) in [7, 11) is 3.64. The number of rotatable bonds is 3. The highest BCUT2D eigenvalue weighted by Crippen LogP contribution is 2.31. The zero-order valence-corrected chi connectivity index (χ0v) is 9.29. The summed E-state index contributed by atoms with van der Waals surface area (Å²) in [5.41, 5.74) is 9.01. The minimum atomic E-state index is 0.485. The van der Waals surface area contributed by atoms with Crippen LogP contribution in [0.5, 0.6) is 5.75 Å². The Balaban J connectivity index is 3.24. The molecular weight excluding hydrogens is 176 g/mol. The maximum atomic E-state index is 5.60. The van der Waals surface area contributed by atoms with E-state index in [0.717, 1.165) is 17.0 Å². The topological polar surface area (TPSA) is 38.5 Å². The molecule has 0 bridgehead atoms. The summed E-state index contributed by atoms with van der Waals surface area (Å²) in [6.07, 6.45) is 0. The molecule has 0 unspecified atom stereocenters. The molecule has 3 heteroatoms. The van der Waals surface area contributed by atoms with Gasteiger partial charge in [-0.1, -0.05) is 6.07 Å². The van der Waals surface area contributed by atoms with Crippen molar-refractivity contribution in [2.75, 3.05) is 25.7 Å². The second-order valence-corrected chi connectivity index (χ2v) is 3.51. The van der Waals surface area contributed by atoms with Gasteiger partial charge in [0.1, 0.15) is 5.75 Å². The molecule has 0 atom stereocenters. The molecule has 0 heterocycles. The largest absolute Gasteiger partial charge is 0.494 e. The van der Waals surface area contributed by atoms with Gasteiger partial charge in [0.15, 0.2) is 0 Å². The molecule has 0 amide bonds. The van der Waals surface area contributed by atoms with Crippen molar-refractivity contribution in [2.24, 2.45) is 5.73 Å². The van der Waals surface area contributed by atoms with Gasteiger partial charge in [0.25, 0.3) is 0 Å². The van der Waals surface area contributed by atoms with E-state index in [-0.39, 0.29) is 0 Å². The number of nitrogens with two attached hydrogens (primary N) is 1. The normalized spacial score (nSPS) is 10.1. The highest BCUT2D eigenvalue weighted by atomic mass is 16.5.